The van der Waals surface area contributed by atoms with Crippen molar-refractivity contribution in [3.8, 4) is 5.88 Å². The van der Waals surface area contributed by atoms with E-state index < -0.39 is 5.91 Å². The minimum absolute atomic E-state index is 0.195. The van der Waals surface area contributed by atoms with Crippen LogP contribution in [-0.2, 0) is 0 Å². The number of rotatable bonds is 3. The molecule has 1 heterocycles. The summed E-state index contributed by atoms with van der Waals surface area (Å²) in [4.78, 5) is 18.7. The Balaban J connectivity index is 3.15. The third-order valence-electron chi connectivity index (χ3n) is 1.37. The van der Waals surface area contributed by atoms with Gasteiger partial charge < -0.3 is 10.5 Å². The molecule has 0 aromatic carbocycles. The quantitative estimate of drug-likeness (QED) is 0.559. The molecule has 0 fully saturated rings. The summed E-state index contributed by atoms with van der Waals surface area (Å²) in [7, 11) is 1.43. The van der Waals surface area contributed by atoms with Crippen LogP contribution >= 0.6 is 11.8 Å². The lowest BCUT2D eigenvalue weighted by Crippen LogP contribution is -2.14. The van der Waals surface area contributed by atoms with Crippen molar-refractivity contribution in [3.63, 3.8) is 0 Å². The predicted octanol–water partition coefficient (Wildman–Crippen LogP) is 0.306. The van der Waals surface area contributed by atoms with E-state index in [1.54, 1.807) is 0 Å². The molecule has 1 amide bonds. The van der Waals surface area contributed by atoms with Gasteiger partial charge in [0.1, 0.15) is 5.56 Å². The van der Waals surface area contributed by atoms with E-state index in [1.807, 2.05) is 6.26 Å². The Morgan fingerprint density at radius 1 is 1.69 bits per heavy atom. The molecule has 0 spiro atoms. The van der Waals surface area contributed by atoms with Gasteiger partial charge in [-0.15, -0.1) is 0 Å². The Kier molecular flexibility index (Phi) is 3.07. The van der Waals surface area contributed by atoms with Gasteiger partial charge in [0, 0.05) is 6.20 Å². The molecule has 6 heteroatoms. The van der Waals surface area contributed by atoms with E-state index in [0.29, 0.717) is 5.16 Å². The topological polar surface area (TPSA) is 78.1 Å². The second-order valence-corrected chi connectivity index (χ2v) is 2.92. The lowest BCUT2D eigenvalue weighted by molar-refractivity contribution is 0.0996. The van der Waals surface area contributed by atoms with E-state index in [4.69, 9.17) is 10.5 Å². The van der Waals surface area contributed by atoms with E-state index >= 15 is 0 Å². The highest BCUT2D eigenvalue weighted by atomic mass is 32.2. The van der Waals surface area contributed by atoms with Gasteiger partial charge in [0.05, 0.1) is 7.11 Å². The molecule has 0 saturated heterocycles. The highest BCUT2D eigenvalue weighted by Gasteiger charge is 2.11. The first-order valence-corrected chi connectivity index (χ1v) is 4.66. The molecule has 0 aliphatic carbocycles. The Morgan fingerprint density at radius 3 is 2.85 bits per heavy atom. The fourth-order valence-electron chi connectivity index (χ4n) is 0.774. The Bertz CT molecular complexity index is 330. The van der Waals surface area contributed by atoms with Crippen LogP contribution in [0.5, 0.6) is 5.88 Å². The van der Waals surface area contributed by atoms with Gasteiger partial charge in [0.25, 0.3) is 5.91 Å². The van der Waals surface area contributed by atoms with Crippen LogP contribution in [0.3, 0.4) is 0 Å². The van der Waals surface area contributed by atoms with Crippen LogP contribution in [-0.4, -0.2) is 29.2 Å². The lowest BCUT2D eigenvalue weighted by atomic mass is 10.3. The van der Waals surface area contributed by atoms with Gasteiger partial charge in [-0.1, -0.05) is 11.8 Å². The number of nitrogens with zero attached hydrogens (tertiary/aromatic N) is 2. The summed E-state index contributed by atoms with van der Waals surface area (Å²) in [6.45, 7) is 0. The summed E-state index contributed by atoms with van der Waals surface area (Å²) >= 11 is 1.36. The average molecular weight is 199 g/mol. The van der Waals surface area contributed by atoms with Gasteiger partial charge in [0.15, 0.2) is 5.16 Å². The summed E-state index contributed by atoms with van der Waals surface area (Å²) in [6.07, 6.45) is 3.19. The molecule has 2 N–H and O–H groups in total. The van der Waals surface area contributed by atoms with Crippen LogP contribution in [0, 0.1) is 0 Å². The maximum atomic E-state index is 10.8. The molecule has 13 heavy (non-hydrogen) atoms. The zero-order valence-corrected chi connectivity index (χ0v) is 8.09. The fraction of sp³-hybridized carbons (Fsp3) is 0.286. The number of thioether (sulfide) groups is 1. The van der Waals surface area contributed by atoms with Crippen LogP contribution in [0.15, 0.2) is 11.4 Å². The van der Waals surface area contributed by atoms with Gasteiger partial charge in [-0.25, -0.2) is 4.98 Å². The number of carbonyl (C=O) groups is 1. The standard InChI is InChI=1S/C7H9N3O2S/c1-12-6-4(5(8)11)3-9-7(10-6)13-2/h3H,1-2H3,(H2,8,11). The molecule has 70 valence electrons. The van der Waals surface area contributed by atoms with Crippen molar-refractivity contribution in [2.45, 2.75) is 5.16 Å². The number of hydrogen-bond acceptors (Lipinski definition) is 5. The van der Waals surface area contributed by atoms with Crippen LogP contribution in [0.1, 0.15) is 10.4 Å². The summed E-state index contributed by atoms with van der Waals surface area (Å²) in [5, 5.41) is 0.543. The number of amides is 1. The number of hydrogen-bond donors (Lipinski definition) is 1. The molecule has 1 rings (SSSR count). The molecule has 0 aliphatic heterocycles. The van der Waals surface area contributed by atoms with E-state index in [-0.39, 0.29) is 11.4 Å². The molecule has 0 saturated carbocycles. The monoisotopic (exact) mass is 199 g/mol. The Labute approximate surface area is 79.7 Å². The largest absolute Gasteiger partial charge is 0.480 e. The van der Waals surface area contributed by atoms with Crippen LogP contribution in [0.4, 0.5) is 0 Å². The van der Waals surface area contributed by atoms with Gasteiger partial charge in [-0.05, 0) is 6.26 Å². The summed E-state index contributed by atoms with van der Waals surface area (Å²) in [6, 6.07) is 0. The molecule has 0 radical (unpaired) electrons. The number of nitrogens with two attached hydrogens (primary N) is 1. The third-order valence-corrected chi connectivity index (χ3v) is 1.93. The SMILES string of the molecule is COc1nc(SC)ncc1C(N)=O. The molecule has 5 nitrogen and oxygen atoms in total. The third kappa shape index (κ3) is 2.09. The van der Waals surface area contributed by atoms with Crippen molar-refractivity contribution in [1.82, 2.24) is 9.97 Å². The smallest absolute Gasteiger partial charge is 0.255 e. The first-order chi connectivity index (χ1) is 6.19. The molecular weight excluding hydrogens is 190 g/mol. The van der Waals surface area contributed by atoms with Gasteiger partial charge in [-0.3, -0.25) is 4.79 Å². The maximum Gasteiger partial charge on any atom is 0.255 e. The zero-order chi connectivity index (χ0) is 9.84. The normalized spacial score (nSPS) is 9.69. The molecular formula is C7H9N3O2S. The summed E-state index contributed by atoms with van der Waals surface area (Å²) in [5.41, 5.74) is 5.27. The molecule has 0 bridgehead atoms. The maximum absolute atomic E-state index is 10.8. The minimum atomic E-state index is -0.593. The van der Waals surface area contributed by atoms with Crippen molar-refractivity contribution in [2.24, 2.45) is 5.73 Å². The van der Waals surface area contributed by atoms with Crippen molar-refractivity contribution in [1.29, 1.82) is 0 Å². The molecule has 0 atom stereocenters. The first-order valence-electron chi connectivity index (χ1n) is 3.44. The second kappa shape index (κ2) is 4.08. The van der Waals surface area contributed by atoms with E-state index in [1.165, 1.54) is 25.1 Å². The van der Waals surface area contributed by atoms with Gasteiger partial charge in [0.2, 0.25) is 5.88 Å². The first kappa shape index (κ1) is 9.79. The highest BCUT2D eigenvalue weighted by molar-refractivity contribution is 7.98. The van der Waals surface area contributed by atoms with Gasteiger partial charge >= 0.3 is 0 Å². The van der Waals surface area contributed by atoms with Crippen LogP contribution < -0.4 is 10.5 Å². The van der Waals surface area contributed by atoms with E-state index in [2.05, 4.69) is 9.97 Å². The van der Waals surface area contributed by atoms with E-state index in [0.717, 1.165) is 0 Å². The summed E-state index contributed by atoms with van der Waals surface area (Å²) in [5.74, 6) is -0.378. The molecule has 0 aliphatic rings. The Morgan fingerprint density at radius 2 is 2.38 bits per heavy atom. The van der Waals surface area contributed by atoms with Crippen LogP contribution in [0.2, 0.25) is 0 Å². The highest BCUT2D eigenvalue weighted by Crippen LogP contribution is 2.17. The van der Waals surface area contributed by atoms with Crippen molar-refractivity contribution < 1.29 is 9.53 Å². The second-order valence-electron chi connectivity index (χ2n) is 2.14. The van der Waals surface area contributed by atoms with Crippen LogP contribution in [0.25, 0.3) is 0 Å². The van der Waals surface area contributed by atoms with Crippen molar-refractivity contribution in [3.05, 3.63) is 11.8 Å². The minimum Gasteiger partial charge on any atom is -0.480 e. The molecule has 1 aromatic heterocycles. The number of carbonyl (C=O) groups excluding carboxylic acids is 1. The number of aromatic nitrogens is 2. The average Bonchev–Trinajstić information content (AvgIpc) is 2.16. The van der Waals surface area contributed by atoms with Crippen molar-refractivity contribution >= 4 is 17.7 Å². The lowest BCUT2D eigenvalue weighted by Gasteiger charge is -2.03. The fourth-order valence-corrected chi connectivity index (χ4v) is 1.11. The number of primary amides is 1. The Hall–Kier alpha value is -1.30. The number of ether oxygens (including phenoxy) is 1. The van der Waals surface area contributed by atoms with Gasteiger partial charge in [-0.2, -0.15) is 4.98 Å². The molecule has 0 unspecified atom stereocenters. The predicted molar refractivity (Wildman–Crippen MR) is 48.9 cm³/mol. The summed E-state index contributed by atoms with van der Waals surface area (Å²) < 4.78 is 4.88. The van der Waals surface area contributed by atoms with Crippen molar-refractivity contribution in [2.75, 3.05) is 13.4 Å². The zero-order valence-electron chi connectivity index (χ0n) is 7.27. The number of methoxy groups -OCH3 is 1. The van der Waals surface area contributed by atoms with E-state index in [9.17, 15) is 4.79 Å². The molecule has 1 aromatic rings.